The zero-order valence-corrected chi connectivity index (χ0v) is 15.3. The number of halogens is 2. The van der Waals surface area contributed by atoms with E-state index in [0.29, 0.717) is 30.4 Å². The number of aryl methyl sites for hydroxylation is 1. The van der Waals surface area contributed by atoms with Crippen molar-refractivity contribution in [2.24, 2.45) is 11.7 Å². The second-order valence-electron chi connectivity index (χ2n) is 5.36. The smallest absolute Gasteiger partial charge is 0.243 e. The average molecular weight is 398 g/mol. The summed E-state index contributed by atoms with van der Waals surface area (Å²) in [5, 5.41) is 0. The lowest BCUT2D eigenvalue weighted by Gasteiger charge is -2.31. The first-order valence-corrected chi connectivity index (χ1v) is 9.15. The minimum atomic E-state index is -3.38. The molecule has 1 saturated heterocycles. The van der Waals surface area contributed by atoms with Crippen LogP contribution in [0.15, 0.2) is 27.6 Å². The summed E-state index contributed by atoms with van der Waals surface area (Å²) < 4.78 is 27.9. The van der Waals surface area contributed by atoms with Gasteiger partial charge in [-0.3, -0.25) is 0 Å². The summed E-state index contributed by atoms with van der Waals surface area (Å²) in [6.45, 7) is 3.72. The quantitative estimate of drug-likeness (QED) is 0.849. The van der Waals surface area contributed by atoms with Crippen molar-refractivity contribution >= 4 is 38.4 Å². The molecule has 1 aromatic rings. The maximum atomic E-state index is 12.7. The summed E-state index contributed by atoms with van der Waals surface area (Å²) >= 11 is 3.40. The monoisotopic (exact) mass is 396 g/mol. The van der Waals surface area contributed by atoms with Crippen LogP contribution < -0.4 is 5.73 Å². The van der Waals surface area contributed by atoms with Gasteiger partial charge >= 0.3 is 0 Å². The van der Waals surface area contributed by atoms with Crippen molar-refractivity contribution in [3.8, 4) is 0 Å². The van der Waals surface area contributed by atoms with Gasteiger partial charge in [-0.25, -0.2) is 8.42 Å². The molecule has 1 heterocycles. The van der Waals surface area contributed by atoms with Crippen LogP contribution in [0.5, 0.6) is 0 Å². The molecule has 1 aliphatic rings. The Balaban J connectivity index is 0.00000220. The minimum Gasteiger partial charge on any atom is -0.330 e. The summed E-state index contributed by atoms with van der Waals surface area (Å²) in [5.74, 6) is 0.389. The molecule has 1 unspecified atom stereocenters. The predicted octanol–water partition coefficient (Wildman–Crippen LogP) is 2.93. The van der Waals surface area contributed by atoms with Gasteiger partial charge in [0.15, 0.2) is 0 Å². The Kier molecular flexibility index (Phi) is 7.13. The van der Waals surface area contributed by atoms with E-state index in [1.165, 1.54) is 0 Å². The zero-order chi connectivity index (χ0) is 14.8. The SMILES string of the molecule is Cc1cc(S(=O)(=O)N2CCCC(CCN)C2)ccc1Br.Cl. The van der Waals surface area contributed by atoms with Crippen molar-refractivity contribution in [1.29, 1.82) is 0 Å². The molecule has 0 aromatic heterocycles. The standard InChI is InChI=1S/C14H21BrN2O2S.ClH/c1-11-9-13(4-5-14(11)15)20(18,19)17-8-2-3-12(10-17)6-7-16;/h4-5,9,12H,2-3,6-8,10,16H2,1H3;1H. The van der Waals surface area contributed by atoms with E-state index in [1.54, 1.807) is 22.5 Å². The molecule has 0 bridgehead atoms. The molecular formula is C14H22BrClN2O2S. The van der Waals surface area contributed by atoms with Gasteiger partial charge in [-0.1, -0.05) is 15.9 Å². The highest BCUT2D eigenvalue weighted by atomic mass is 79.9. The topological polar surface area (TPSA) is 63.4 Å². The maximum absolute atomic E-state index is 12.7. The number of hydrogen-bond donors (Lipinski definition) is 1. The molecule has 1 atom stereocenters. The molecule has 1 fully saturated rings. The molecule has 120 valence electrons. The zero-order valence-electron chi connectivity index (χ0n) is 12.1. The summed E-state index contributed by atoms with van der Waals surface area (Å²) in [5.41, 5.74) is 6.52. The van der Waals surface area contributed by atoms with Gasteiger partial charge in [0.25, 0.3) is 0 Å². The Hall–Kier alpha value is -0.140. The van der Waals surface area contributed by atoms with Crippen molar-refractivity contribution < 1.29 is 8.42 Å². The maximum Gasteiger partial charge on any atom is 0.243 e. The molecule has 0 amide bonds. The lowest BCUT2D eigenvalue weighted by molar-refractivity contribution is 0.258. The van der Waals surface area contributed by atoms with Gasteiger partial charge in [-0.15, -0.1) is 12.4 Å². The van der Waals surface area contributed by atoms with Crippen molar-refractivity contribution in [2.75, 3.05) is 19.6 Å². The molecule has 21 heavy (non-hydrogen) atoms. The fourth-order valence-electron chi connectivity index (χ4n) is 2.64. The van der Waals surface area contributed by atoms with Gasteiger partial charge in [0.2, 0.25) is 10.0 Å². The van der Waals surface area contributed by atoms with Crippen molar-refractivity contribution in [3.63, 3.8) is 0 Å². The van der Waals surface area contributed by atoms with E-state index >= 15 is 0 Å². The second-order valence-corrected chi connectivity index (χ2v) is 8.15. The summed E-state index contributed by atoms with van der Waals surface area (Å²) in [7, 11) is -3.38. The van der Waals surface area contributed by atoms with E-state index in [-0.39, 0.29) is 12.4 Å². The third-order valence-electron chi connectivity index (χ3n) is 3.82. The van der Waals surface area contributed by atoms with Crippen LogP contribution in [0.2, 0.25) is 0 Å². The first kappa shape index (κ1) is 18.9. The van der Waals surface area contributed by atoms with Gasteiger partial charge in [0, 0.05) is 17.6 Å². The fraction of sp³-hybridized carbons (Fsp3) is 0.571. The number of benzene rings is 1. The summed E-state index contributed by atoms with van der Waals surface area (Å²) in [6.07, 6.45) is 2.88. The van der Waals surface area contributed by atoms with Gasteiger partial charge in [-0.2, -0.15) is 4.31 Å². The van der Waals surface area contributed by atoms with Crippen LogP contribution >= 0.6 is 28.3 Å². The van der Waals surface area contributed by atoms with Crippen LogP contribution in [0.3, 0.4) is 0 Å². The van der Waals surface area contributed by atoms with E-state index in [4.69, 9.17) is 5.73 Å². The van der Waals surface area contributed by atoms with Gasteiger partial charge in [0.1, 0.15) is 0 Å². The van der Waals surface area contributed by atoms with E-state index in [2.05, 4.69) is 15.9 Å². The molecular weight excluding hydrogens is 376 g/mol. The van der Waals surface area contributed by atoms with Crippen LogP contribution in [-0.4, -0.2) is 32.4 Å². The Morgan fingerprint density at radius 3 is 2.76 bits per heavy atom. The minimum absolute atomic E-state index is 0. The van der Waals surface area contributed by atoms with Crippen molar-refractivity contribution in [1.82, 2.24) is 4.31 Å². The van der Waals surface area contributed by atoms with Crippen molar-refractivity contribution in [3.05, 3.63) is 28.2 Å². The number of sulfonamides is 1. The van der Waals surface area contributed by atoms with Gasteiger partial charge in [0.05, 0.1) is 4.90 Å². The number of nitrogens with two attached hydrogens (primary N) is 1. The molecule has 0 radical (unpaired) electrons. The first-order chi connectivity index (χ1) is 9.45. The highest BCUT2D eigenvalue weighted by molar-refractivity contribution is 9.10. The Morgan fingerprint density at radius 1 is 1.43 bits per heavy atom. The van der Waals surface area contributed by atoms with Crippen LogP contribution in [-0.2, 0) is 10.0 Å². The number of piperidine rings is 1. The normalized spacial score (nSPS) is 20.0. The van der Waals surface area contributed by atoms with Gasteiger partial charge < -0.3 is 5.73 Å². The second kappa shape index (κ2) is 7.92. The predicted molar refractivity (Wildman–Crippen MR) is 91.3 cm³/mol. The van der Waals surface area contributed by atoms with E-state index in [1.807, 2.05) is 6.92 Å². The lowest BCUT2D eigenvalue weighted by atomic mass is 9.96. The molecule has 0 saturated carbocycles. The summed E-state index contributed by atoms with van der Waals surface area (Å²) in [6, 6.07) is 5.19. The fourth-order valence-corrected chi connectivity index (χ4v) is 4.53. The highest BCUT2D eigenvalue weighted by Gasteiger charge is 2.30. The van der Waals surface area contributed by atoms with E-state index < -0.39 is 10.0 Å². The third kappa shape index (κ3) is 4.42. The van der Waals surface area contributed by atoms with Crippen molar-refractivity contribution in [2.45, 2.75) is 31.1 Å². The van der Waals surface area contributed by atoms with Crippen LogP contribution in [0.25, 0.3) is 0 Å². The third-order valence-corrected chi connectivity index (χ3v) is 6.57. The molecule has 1 aliphatic heterocycles. The number of nitrogens with zero attached hydrogens (tertiary/aromatic N) is 1. The molecule has 0 spiro atoms. The van der Waals surface area contributed by atoms with E-state index in [9.17, 15) is 8.42 Å². The highest BCUT2D eigenvalue weighted by Crippen LogP contribution is 2.27. The Labute approximate surface area is 141 Å². The lowest BCUT2D eigenvalue weighted by Crippen LogP contribution is -2.40. The summed E-state index contributed by atoms with van der Waals surface area (Å²) in [4.78, 5) is 0.381. The first-order valence-electron chi connectivity index (χ1n) is 6.91. The van der Waals surface area contributed by atoms with Gasteiger partial charge in [-0.05, 0) is 62.4 Å². The Bertz CT molecular complexity index is 578. The number of rotatable bonds is 4. The molecule has 0 aliphatic carbocycles. The van der Waals surface area contributed by atoms with Crippen LogP contribution in [0.4, 0.5) is 0 Å². The van der Waals surface area contributed by atoms with Crippen LogP contribution in [0.1, 0.15) is 24.8 Å². The van der Waals surface area contributed by atoms with E-state index in [0.717, 1.165) is 29.3 Å². The molecule has 7 heteroatoms. The average Bonchev–Trinajstić information content (AvgIpc) is 2.42. The molecule has 1 aromatic carbocycles. The van der Waals surface area contributed by atoms with Crippen LogP contribution in [0, 0.1) is 12.8 Å². The Morgan fingerprint density at radius 2 is 2.14 bits per heavy atom. The largest absolute Gasteiger partial charge is 0.330 e. The molecule has 4 nitrogen and oxygen atoms in total. The number of hydrogen-bond acceptors (Lipinski definition) is 3. The molecule has 2 rings (SSSR count). The molecule has 2 N–H and O–H groups in total.